The fraction of sp³-hybridized carbons (Fsp3) is 0.231. The van der Waals surface area contributed by atoms with Crippen LogP contribution in [-0.4, -0.2) is 24.9 Å². The number of carbonyl (C=O) groups is 2. The molecule has 5 nitrogen and oxygen atoms in total. The van der Waals surface area contributed by atoms with E-state index in [0.717, 1.165) is 41.3 Å². The summed E-state index contributed by atoms with van der Waals surface area (Å²) in [6.07, 6.45) is -9.22. The van der Waals surface area contributed by atoms with E-state index in [1.165, 1.54) is 34.1 Å². The van der Waals surface area contributed by atoms with E-state index in [2.05, 4.69) is 0 Å². The van der Waals surface area contributed by atoms with Crippen LogP contribution in [-0.2, 0) is 21.9 Å². The lowest BCUT2D eigenvalue weighted by molar-refractivity contribution is -0.137. The zero-order chi connectivity index (χ0) is 26.5. The molecular formula is C26H19F6N3O2. The van der Waals surface area contributed by atoms with Gasteiger partial charge in [-0.05, 0) is 42.5 Å². The number of hydrogen-bond acceptors (Lipinski definition) is 3. The van der Waals surface area contributed by atoms with Crippen molar-refractivity contribution < 1.29 is 35.9 Å². The number of nitrogens with zero attached hydrogens (tertiary/aromatic N) is 3. The number of hydrogen-bond donors (Lipinski definition) is 0. The Morgan fingerprint density at radius 2 is 1.03 bits per heavy atom. The number of amides is 2. The summed E-state index contributed by atoms with van der Waals surface area (Å²) < 4.78 is 84.4. The van der Waals surface area contributed by atoms with E-state index in [1.807, 2.05) is 0 Å². The van der Waals surface area contributed by atoms with Gasteiger partial charge in [0.1, 0.15) is 0 Å². The maximum Gasteiger partial charge on any atom is 0.418 e. The molecule has 192 valence electrons. The number of rotatable bonds is 5. The van der Waals surface area contributed by atoms with Gasteiger partial charge in [-0.25, -0.2) is 0 Å². The normalized spacial score (nSPS) is 15.9. The molecule has 3 aromatic carbocycles. The third kappa shape index (κ3) is 4.49. The highest BCUT2D eigenvalue weighted by Gasteiger charge is 2.40. The molecule has 0 saturated carbocycles. The number of carbonyl (C=O) groups excluding carboxylic acids is 2. The highest BCUT2D eigenvalue weighted by atomic mass is 19.4. The summed E-state index contributed by atoms with van der Waals surface area (Å²) in [4.78, 5) is 28.0. The second kappa shape index (κ2) is 8.82. The number of benzene rings is 3. The Labute approximate surface area is 207 Å². The van der Waals surface area contributed by atoms with Crippen molar-refractivity contribution in [3.8, 4) is 0 Å². The van der Waals surface area contributed by atoms with Crippen molar-refractivity contribution in [2.24, 2.45) is 0 Å². The molecule has 0 aromatic heterocycles. The molecule has 3 aromatic rings. The predicted molar refractivity (Wildman–Crippen MR) is 125 cm³/mol. The van der Waals surface area contributed by atoms with Crippen LogP contribution in [0.1, 0.15) is 24.0 Å². The molecule has 2 heterocycles. The average Bonchev–Trinajstić information content (AvgIpc) is 2.81. The van der Waals surface area contributed by atoms with Gasteiger partial charge in [0.2, 0.25) is 11.8 Å². The molecule has 2 amide bonds. The lowest BCUT2D eigenvalue weighted by Gasteiger charge is -2.37. The minimum Gasteiger partial charge on any atom is -0.312 e. The predicted octanol–water partition coefficient (Wildman–Crippen LogP) is 6.67. The minimum atomic E-state index is -4.87. The number of alkyl halides is 6. The second-order valence-electron chi connectivity index (χ2n) is 8.66. The number of para-hydroxylation sites is 2. The lowest BCUT2D eigenvalue weighted by Crippen LogP contribution is -2.45. The third-order valence-electron chi connectivity index (χ3n) is 6.37. The van der Waals surface area contributed by atoms with Crippen LogP contribution < -0.4 is 14.7 Å². The lowest BCUT2D eigenvalue weighted by atomic mass is 10.0. The van der Waals surface area contributed by atoms with E-state index >= 15 is 0 Å². The van der Waals surface area contributed by atoms with Crippen LogP contribution in [0.25, 0.3) is 0 Å². The van der Waals surface area contributed by atoms with Crippen molar-refractivity contribution in [2.75, 3.05) is 27.8 Å². The van der Waals surface area contributed by atoms with E-state index in [9.17, 15) is 35.9 Å². The first kappa shape index (κ1) is 24.7. The van der Waals surface area contributed by atoms with Crippen LogP contribution >= 0.6 is 0 Å². The molecular weight excluding hydrogens is 500 g/mol. The monoisotopic (exact) mass is 519 g/mol. The smallest absolute Gasteiger partial charge is 0.312 e. The Morgan fingerprint density at radius 1 is 0.622 bits per heavy atom. The maximum atomic E-state index is 14.1. The van der Waals surface area contributed by atoms with Gasteiger partial charge >= 0.3 is 12.4 Å². The van der Waals surface area contributed by atoms with E-state index in [4.69, 9.17) is 0 Å². The standard InChI is InChI=1S/C26H19F6N3O2/c27-25(28,29)19-5-1-3-7-21(19)35(22-8-4-2-6-20(22)26(30,31)32)18-14-16(33-11-9-23(33)36)13-17(15-18)34-12-10-24(34)37/h1-8,13-15H,9-12H2. The Balaban J connectivity index is 1.80. The van der Waals surface area contributed by atoms with Gasteiger partial charge in [0.15, 0.2) is 0 Å². The number of halogens is 6. The molecule has 0 aliphatic carbocycles. The quantitative estimate of drug-likeness (QED) is 0.280. The van der Waals surface area contributed by atoms with Crippen LogP contribution in [0.3, 0.4) is 0 Å². The zero-order valence-corrected chi connectivity index (χ0v) is 19.1. The van der Waals surface area contributed by atoms with E-state index < -0.39 is 34.9 Å². The van der Waals surface area contributed by atoms with Crippen LogP contribution in [0.15, 0.2) is 66.7 Å². The zero-order valence-electron chi connectivity index (χ0n) is 19.1. The molecule has 0 radical (unpaired) electrons. The van der Waals surface area contributed by atoms with Crippen molar-refractivity contribution >= 4 is 40.3 Å². The molecule has 0 N–H and O–H groups in total. The summed E-state index contributed by atoms with van der Waals surface area (Å²) in [6.45, 7) is 0.682. The molecule has 5 rings (SSSR count). The SMILES string of the molecule is O=C1CCN1c1cc(N2CCC2=O)cc(N(c2ccccc2C(F)(F)F)c2ccccc2C(F)(F)F)c1. The van der Waals surface area contributed by atoms with Crippen molar-refractivity contribution in [1.29, 1.82) is 0 Å². The fourth-order valence-corrected chi connectivity index (χ4v) is 4.42. The fourth-order valence-electron chi connectivity index (χ4n) is 4.42. The second-order valence-corrected chi connectivity index (χ2v) is 8.66. The summed E-state index contributed by atoms with van der Waals surface area (Å²) >= 11 is 0. The molecule has 0 spiro atoms. The van der Waals surface area contributed by atoms with Gasteiger partial charge in [0.05, 0.1) is 28.2 Å². The summed E-state index contributed by atoms with van der Waals surface area (Å²) in [7, 11) is 0. The molecule has 0 bridgehead atoms. The molecule has 2 fully saturated rings. The Kier molecular flexibility index (Phi) is 5.88. The maximum absolute atomic E-state index is 14.1. The van der Waals surface area contributed by atoms with Gasteiger partial charge in [-0.3, -0.25) is 9.59 Å². The first-order valence-corrected chi connectivity index (χ1v) is 11.3. The Hall–Kier alpha value is -4.02. The molecule has 2 aliphatic rings. The van der Waals surface area contributed by atoms with E-state index in [0.29, 0.717) is 13.1 Å². The van der Waals surface area contributed by atoms with Gasteiger partial charge in [-0.2, -0.15) is 26.3 Å². The van der Waals surface area contributed by atoms with Crippen LogP contribution in [0.5, 0.6) is 0 Å². The van der Waals surface area contributed by atoms with Gasteiger partial charge in [0, 0.05) is 37.3 Å². The Bertz CT molecular complexity index is 1290. The highest BCUT2D eigenvalue weighted by Crippen LogP contribution is 2.48. The molecule has 0 atom stereocenters. The average molecular weight is 519 g/mol. The van der Waals surface area contributed by atoms with Crippen molar-refractivity contribution in [3.63, 3.8) is 0 Å². The minimum absolute atomic E-state index is 0.0553. The molecule has 2 saturated heterocycles. The summed E-state index contributed by atoms with van der Waals surface area (Å²) in [5, 5.41) is 0. The van der Waals surface area contributed by atoms with E-state index in [1.54, 1.807) is 6.07 Å². The molecule has 37 heavy (non-hydrogen) atoms. The van der Waals surface area contributed by atoms with Crippen molar-refractivity contribution in [3.05, 3.63) is 77.9 Å². The highest BCUT2D eigenvalue weighted by molar-refractivity contribution is 6.04. The van der Waals surface area contributed by atoms with Gasteiger partial charge in [-0.15, -0.1) is 0 Å². The van der Waals surface area contributed by atoms with E-state index in [-0.39, 0.29) is 41.7 Å². The van der Waals surface area contributed by atoms with Crippen LogP contribution in [0.4, 0.5) is 54.8 Å². The topological polar surface area (TPSA) is 43.9 Å². The Morgan fingerprint density at radius 3 is 1.35 bits per heavy atom. The summed E-state index contributed by atoms with van der Waals surface area (Å²) in [5.41, 5.74) is -2.83. The number of β-lactam (4-membered cyclic amide) rings is 2. The van der Waals surface area contributed by atoms with Gasteiger partial charge in [-0.1, -0.05) is 24.3 Å². The van der Waals surface area contributed by atoms with Crippen LogP contribution in [0.2, 0.25) is 0 Å². The molecule has 11 heteroatoms. The largest absolute Gasteiger partial charge is 0.418 e. The van der Waals surface area contributed by atoms with Gasteiger partial charge in [0.25, 0.3) is 0 Å². The van der Waals surface area contributed by atoms with Crippen molar-refractivity contribution in [1.82, 2.24) is 0 Å². The summed E-state index contributed by atoms with van der Waals surface area (Å²) in [5.74, 6) is -0.480. The molecule has 2 aliphatic heterocycles. The first-order valence-electron chi connectivity index (χ1n) is 11.3. The summed E-state index contributed by atoms with van der Waals surface area (Å²) in [6, 6.07) is 12.9. The van der Waals surface area contributed by atoms with Crippen molar-refractivity contribution in [2.45, 2.75) is 25.2 Å². The number of anilines is 5. The van der Waals surface area contributed by atoms with Crippen LogP contribution in [0, 0.1) is 0 Å². The first-order chi connectivity index (χ1) is 17.4. The molecule has 0 unspecified atom stereocenters. The van der Waals surface area contributed by atoms with Gasteiger partial charge < -0.3 is 14.7 Å². The third-order valence-corrected chi connectivity index (χ3v) is 6.37.